The van der Waals surface area contributed by atoms with E-state index in [9.17, 15) is 9.59 Å². The van der Waals surface area contributed by atoms with Crippen molar-refractivity contribution in [3.8, 4) is 17.2 Å². The lowest BCUT2D eigenvalue weighted by atomic mass is 9.96. The van der Waals surface area contributed by atoms with Gasteiger partial charge >= 0.3 is 11.9 Å². The van der Waals surface area contributed by atoms with Gasteiger partial charge in [0.1, 0.15) is 17.1 Å². The number of fused-ring (bicyclic) bond motifs is 3. The van der Waals surface area contributed by atoms with Crippen molar-refractivity contribution in [1.29, 1.82) is 0 Å². The number of esters is 2. The van der Waals surface area contributed by atoms with Crippen LogP contribution in [-0.2, 0) is 22.4 Å². The van der Waals surface area contributed by atoms with Gasteiger partial charge < -0.3 is 23.4 Å². The van der Waals surface area contributed by atoms with E-state index in [0.29, 0.717) is 11.3 Å². The zero-order chi connectivity index (χ0) is 21.1. The zero-order valence-corrected chi connectivity index (χ0v) is 16.9. The summed E-state index contributed by atoms with van der Waals surface area (Å²) in [5.74, 6) is 0.965. The van der Waals surface area contributed by atoms with Crippen molar-refractivity contribution in [2.75, 3.05) is 20.8 Å². The molecule has 0 saturated heterocycles. The van der Waals surface area contributed by atoms with Gasteiger partial charge in [0.05, 0.1) is 19.8 Å². The summed E-state index contributed by atoms with van der Waals surface area (Å²) in [5, 5.41) is 1.04. The lowest BCUT2D eigenvalue weighted by Gasteiger charge is -2.11. The second-order valence-corrected chi connectivity index (χ2v) is 6.99. The number of benzene rings is 2. The molecule has 0 aliphatic heterocycles. The fraction of sp³-hybridized carbons (Fsp3) is 0.304. The summed E-state index contributed by atoms with van der Waals surface area (Å²) in [6.07, 6.45) is 4.25. The number of furan rings is 1. The molecule has 3 aromatic rings. The third-order valence-electron chi connectivity index (χ3n) is 5.09. The summed E-state index contributed by atoms with van der Waals surface area (Å²) >= 11 is 0. The summed E-state index contributed by atoms with van der Waals surface area (Å²) in [5.41, 5.74) is 2.37. The third-order valence-corrected chi connectivity index (χ3v) is 5.09. The second kappa shape index (κ2) is 8.49. The highest BCUT2D eigenvalue weighted by Crippen LogP contribution is 2.34. The highest BCUT2D eigenvalue weighted by Gasteiger charge is 2.19. The van der Waals surface area contributed by atoms with Crippen LogP contribution in [0.15, 0.2) is 40.8 Å². The van der Waals surface area contributed by atoms with E-state index >= 15 is 0 Å². The maximum absolute atomic E-state index is 12.3. The van der Waals surface area contributed by atoms with E-state index in [1.165, 1.54) is 38.0 Å². The highest BCUT2D eigenvalue weighted by atomic mass is 16.6. The van der Waals surface area contributed by atoms with Crippen LogP contribution in [-0.4, -0.2) is 32.8 Å². The van der Waals surface area contributed by atoms with Crippen molar-refractivity contribution in [1.82, 2.24) is 0 Å². The largest absolute Gasteiger partial charge is 0.493 e. The predicted octanol–water partition coefficient (Wildman–Crippen LogP) is 4.09. The van der Waals surface area contributed by atoms with Crippen molar-refractivity contribution >= 4 is 22.9 Å². The molecule has 2 aromatic carbocycles. The molecular formula is C23H22O7. The van der Waals surface area contributed by atoms with Gasteiger partial charge in [0.25, 0.3) is 0 Å². The summed E-state index contributed by atoms with van der Waals surface area (Å²) in [6, 6.07) is 9.97. The number of rotatable bonds is 6. The summed E-state index contributed by atoms with van der Waals surface area (Å²) in [7, 11) is 2.71. The standard InChI is InChI=1S/C23H22O7/c1-26-21-11-14(23(25)27-2)7-9-20(21)30-22(24)13-28-15-8-10-19-17(12-15)16-5-3-4-6-18(16)29-19/h7-12H,3-6,13H2,1-2H3. The van der Waals surface area contributed by atoms with Crippen LogP contribution in [0.5, 0.6) is 17.2 Å². The molecule has 0 amide bonds. The van der Waals surface area contributed by atoms with E-state index in [2.05, 4.69) is 4.74 Å². The van der Waals surface area contributed by atoms with E-state index in [4.69, 9.17) is 18.6 Å². The minimum absolute atomic E-state index is 0.193. The van der Waals surface area contributed by atoms with Gasteiger partial charge in [-0.15, -0.1) is 0 Å². The van der Waals surface area contributed by atoms with Crippen LogP contribution in [0, 0.1) is 0 Å². The molecule has 30 heavy (non-hydrogen) atoms. The predicted molar refractivity (Wildman–Crippen MR) is 108 cm³/mol. The molecule has 1 heterocycles. The van der Waals surface area contributed by atoms with Crippen molar-refractivity contribution < 1.29 is 33.0 Å². The molecule has 7 nitrogen and oxygen atoms in total. The normalized spacial score (nSPS) is 12.9. The molecule has 7 heteroatoms. The van der Waals surface area contributed by atoms with Gasteiger partial charge in [0.2, 0.25) is 0 Å². The van der Waals surface area contributed by atoms with Gasteiger partial charge in [-0.1, -0.05) is 0 Å². The first-order valence-electron chi connectivity index (χ1n) is 9.73. The molecule has 0 bridgehead atoms. The average molecular weight is 410 g/mol. The summed E-state index contributed by atoms with van der Waals surface area (Å²) in [6.45, 7) is -0.270. The maximum Gasteiger partial charge on any atom is 0.349 e. The first kappa shape index (κ1) is 19.8. The number of methoxy groups -OCH3 is 2. The van der Waals surface area contributed by atoms with Crippen molar-refractivity contribution in [2.45, 2.75) is 25.7 Å². The lowest BCUT2D eigenvalue weighted by molar-refractivity contribution is -0.136. The molecule has 0 radical (unpaired) electrons. The molecule has 0 spiro atoms. The fourth-order valence-electron chi connectivity index (χ4n) is 3.62. The number of aryl methyl sites for hydroxylation is 2. The summed E-state index contributed by atoms with van der Waals surface area (Å²) in [4.78, 5) is 23.9. The fourth-order valence-corrected chi connectivity index (χ4v) is 3.62. The summed E-state index contributed by atoms with van der Waals surface area (Å²) < 4.78 is 26.8. The van der Waals surface area contributed by atoms with Gasteiger partial charge in [-0.05, 0) is 55.7 Å². The van der Waals surface area contributed by atoms with Crippen LogP contribution in [0.2, 0.25) is 0 Å². The van der Waals surface area contributed by atoms with Crippen molar-refractivity contribution in [2.24, 2.45) is 0 Å². The number of carbonyl (C=O) groups excluding carboxylic acids is 2. The molecule has 0 unspecified atom stereocenters. The Kier molecular flexibility index (Phi) is 5.61. The third kappa shape index (κ3) is 3.96. The second-order valence-electron chi connectivity index (χ2n) is 6.99. The van der Waals surface area contributed by atoms with Gasteiger partial charge in [0, 0.05) is 17.4 Å². The first-order valence-corrected chi connectivity index (χ1v) is 9.73. The molecule has 1 aliphatic rings. The Morgan fingerprint density at radius 1 is 1.00 bits per heavy atom. The Hall–Kier alpha value is -3.48. The molecule has 0 fully saturated rings. The van der Waals surface area contributed by atoms with Crippen LogP contribution in [0.25, 0.3) is 11.0 Å². The topological polar surface area (TPSA) is 84.2 Å². The smallest absolute Gasteiger partial charge is 0.349 e. The Morgan fingerprint density at radius 2 is 1.83 bits per heavy atom. The minimum Gasteiger partial charge on any atom is -0.493 e. The monoisotopic (exact) mass is 410 g/mol. The molecule has 156 valence electrons. The minimum atomic E-state index is -0.589. The maximum atomic E-state index is 12.3. The van der Waals surface area contributed by atoms with E-state index in [0.717, 1.165) is 42.4 Å². The van der Waals surface area contributed by atoms with Crippen molar-refractivity contribution in [3.63, 3.8) is 0 Å². The van der Waals surface area contributed by atoms with Gasteiger partial charge in [-0.3, -0.25) is 0 Å². The van der Waals surface area contributed by atoms with E-state index in [1.54, 1.807) is 6.07 Å². The van der Waals surface area contributed by atoms with Gasteiger partial charge in [-0.2, -0.15) is 0 Å². The van der Waals surface area contributed by atoms with E-state index in [-0.39, 0.29) is 18.1 Å². The molecule has 0 atom stereocenters. The van der Waals surface area contributed by atoms with Crippen LogP contribution >= 0.6 is 0 Å². The quantitative estimate of drug-likeness (QED) is 0.447. The van der Waals surface area contributed by atoms with Crippen LogP contribution in [0.1, 0.15) is 34.5 Å². The van der Waals surface area contributed by atoms with Crippen molar-refractivity contribution in [3.05, 3.63) is 53.3 Å². The van der Waals surface area contributed by atoms with Gasteiger partial charge in [0.15, 0.2) is 18.1 Å². The number of carbonyl (C=O) groups is 2. The number of ether oxygens (including phenoxy) is 4. The Morgan fingerprint density at radius 3 is 2.63 bits per heavy atom. The molecular weight excluding hydrogens is 388 g/mol. The molecule has 0 N–H and O–H groups in total. The Bertz CT molecular complexity index is 1100. The zero-order valence-electron chi connectivity index (χ0n) is 16.9. The first-order chi connectivity index (χ1) is 14.6. The number of hydrogen-bond donors (Lipinski definition) is 0. The highest BCUT2D eigenvalue weighted by molar-refractivity contribution is 5.90. The van der Waals surface area contributed by atoms with E-state index < -0.39 is 11.9 Å². The Balaban J connectivity index is 1.43. The Labute approximate surface area is 173 Å². The molecule has 1 aromatic heterocycles. The molecule has 0 saturated carbocycles. The SMILES string of the molecule is COC(=O)c1ccc(OC(=O)COc2ccc3oc4c(c3c2)CCCC4)c(OC)c1. The van der Waals surface area contributed by atoms with E-state index in [1.807, 2.05) is 12.1 Å². The van der Waals surface area contributed by atoms with Gasteiger partial charge in [-0.25, -0.2) is 9.59 Å². The molecule has 1 aliphatic carbocycles. The lowest BCUT2D eigenvalue weighted by Crippen LogP contribution is -2.18. The molecule has 4 rings (SSSR count). The van der Waals surface area contributed by atoms with Crippen LogP contribution < -0.4 is 14.2 Å². The van der Waals surface area contributed by atoms with Crippen LogP contribution in [0.4, 0.5) is 0 Å². The van der Waals surface area contributed by atoms with Crippen LogP contribution in [0.3, 0.4) is 0 Å². The number of hydrogen-bond acceptors (Lipinski definition) is 7. The average Bonchev–Trinajstić information content (AvgIpc) is 3.15.